The van der Waals surface area contributed by atoms with Gasteiger partial charge in [0.25, 0.3) is 5.91 Å². The van der Waals surface area contributed by atoms with Gasteiger partial charge in [-0.1, -0.05) is 0 Å². The first kappa shape index (κ1) is 28.7. The lowest BCUT2D eigenvalue weighted by Gasteiger charge is -2.40. The Kier molecular flexibility index (Phi) is 8.97. The van der Waals surface area contributed by atoms with Crippen LogP contribution in [0, 0.1) is 11.3 Å². The zero-order valence-electron chi connectivity index (χ0n) is 21.8. The summed E-state index contributed by atoms with van der Waals surface area (Å²) in [5.74, 6) is -0.388. The number of amides is 1. The van der Waals surface area contributed by atoms with Crippen molar-refractivity contribution in [2.24, 2.45) is 0 Å². The molecule has 1 unspecified atom stereocenters. The summed E-state index contributed by atoms with van der Waals surface area (Å²) in [6.07, 6.45) is 2.34. The van der Waals surface area contributed by atoms with E-state index in [-0.39, 0.29) is 35.1 Å². The van der Waals surface area contributed by atoms with Crippen molar-refractivity contribution in [1.82, 2.24) is 4.90 Å². The maximum atomic E-state index is 13.5. The third-order valence-electron chi connectivity index (χ3n) is 7.51. The number of benzene rings is 1. The van der Waals surface area contributed by atoms with Crippen molar-refractivity contribution in [3.63, 3.8) is 0 Å². The van der Waals surface area contributed by atoms with Crippen molar-refractivity contribution >= 4 is 28.9 Å². The molecule has 4 rings (SSSR count). The van der Waals surface area contributed by atoms with E-state index in [1.807, 2.05) is 4.90 Å². The van der Waals surface area contributed by atoms with E-state index >= 15 is 0 Å². The van der Waals surface area contributed by atoms with Gasteiger partial charge in [0.2, 0.25) is 0 Å². The Morgan fingerprint density at radius 2 is 1.84 bits per heavy atom. The van der Waals surface area contributed by atoms with E-state index in [0.29, 0.717) is 13.2 Å². The van der Waals surface area contributed by atoms with Crippen LogP contribution in [0.15, 0.2) is 18.2 Å². The van der Waals surface area contributed by atoms with Gasteiger partial charge >= 0.3 is 6.18 Å². The van der Waals surface area contributed by atoms with E-state index < -0.39 is 22.8 Å². The molecule has 3 aliphatic rings. The van der Waals surface area contributed by atoms with Crippen molar-refractivity contribution in [3.05, 3.63) is 29.3 Å². The number of nitriles is 1. The predicted octanol–water partition coefficient (Wildman–Crippen LogP) is 5.55. The van der Waals surface area contributed by atoms with E-state index in [0.717, 1.165) is 70.1 Å². The Morgan fingerprint density at radius 1 is 1.13 bits per heavy atom. The highest BCUT2D eigenvalue weighted by atomic mass is 32.1. The fourth-order valence-electron chi connectivity index (χ4n) is 5.49. The first-order chi connectivity index (χ1) is 18.0. The van der Waals surface area contributed by atoms with Crippen LogP contribution in [0.25, 0.3) is 0 Å². The van der Waals surface area contributed by atoms with Crippen LogP contribution in [0.3, 0.4) is 0 Å². The van der Waals surface area contributed by atoms with Crippen molar-refractivity contribution in [3.8, 4) is 6.07 Å². The number of carbonyl (C=O) groups excluding carboxylic acids is 1. The summed E-state index contributed by atoms with van der Waals surface area (Å²) in [5.41, 5.74) is -2.58. The number of nitrogens with zero attached hydrogens (tertiary/aromatic N) is 3. The fraction of sp³-hybridized carbons (Fsp3) is 0.667. The van der Waals surface area contributed by atoms with E-state index in [2.05, 4.69) is 0 Å². The van der Waals surface area contributed by atoms with Crippen LogP contribution in [-0.2, 0) is 25.2 Å². The normalized spacial score (nSPS) is 26.1. The molecule has 0 bridgehead atoms. The average molecular weight is 554 g/mol. The number of alkyl halides is 3. The van der Waals surface area contributed by atoms with Crippen molar-refractivity contribution < 1.29 is 32.2 Å². The van der Waals surface area contributed by atoms with Crippen LogP contribution >= 0.6 is 12.2 Å². The third kappa shape index (κ3) is 6.14. The Hall–Kier alpha value is -2.26. The minimum Gasteiger partial charge on any atom is -0.378 e. The largest absolute Gasteiger partial charge is 0.417 e. The molecule has 1 amide bonds. The van der Waals surface area contributed by atoms with Crippen LogP contribution in [0.2, 0.25) is 0 Å². The van der Waals surface area contributed by atoms with Gasteiger partial charge in [0.1, 0.15) is 5.54 Å². The van der Waals surface area contributed by atoms with Gasteiger partial charge in [-0.3, -0.25) is 9.69 Å². The molecule has 0 radical (unpaired) electrons. The lowest BCUT2D eigenvalue weighted by atomic mass is 9.89. The molecule has 0 aromatic heterocycles. The number of hydrogen-bond donors (Lipinski definition) is 0. The fourth-order valence-corrected chi connectivity index (χ4v) is 6.06. The Balaban J connectivity index is 1.34. The zero-order chi connectivity index (χ0) is 27.5. The maximum absolute atomic E-state index is 13.5. The van der Waals surface area contributed by atoms with Crippen LogP contribution in [-0.4, -0.2) is 59.7 Å². The van der Waals surface area contributed by atoms with Crippen LogP contribution in [0.5, 0.6) is 0 Å². The van der Waals surface area contributed by atoms with Gasteiger partial charge in [0, 0.05) is 19.3 Å². The topological polar surface area (TPSA) is 75.0 Å². The third-order valence-corrected chi connectivity index (χ3v) is 7.89. The smallest absolute Gasteiger partial charge is 0.378 e. The predicted molar refractivity (Wildman–Crippen MR) is 138 cm³/mol. The summed E-state index contributed by atoms with van der Waals surface area (Å²) in [6.45, 7) is 5.44. The summed E-state index contributed by atoms with van der Waals surface area (Å²) in [4.78, 5) is 16.4. The molecule has 2 saturated heterocycles. The van der Waals surface area contributed by atoms with E-state index in [9.17, 15) is 18.0 Å². The highest BCUT2D eigenvalue weighted by Gasteiger charge is 2.52. The second-order valence-electron chi connectivity index (χ2n) is 10.5. The number of anilines is 1. The molecule has 0 N–H and O–H groups in total. The van der Waals surface area contributed by atoms with Gasteiger partial charge < -0.3 is 19.1 Å². The second kappa shape index (κ2) is 11.9. The summed E-state index contributed by atoms with van der Waals surface area (Å²) >= 11 is 5.66. The molecule has 1 aliphatic carbocycles. The van der Waals surface area contributed by atoms with Gasteiger partial charge in [-0.15, -0.1) is 0 Å². The summed E-state index contributed by atoms with van der Waals surface area (Å²) < 4.78 is 58.0. The molecule has 1 aromatic rings. The van der Waals surface area contributed by atoms with Crippen molar-refractivity contribution in [1.29, 1.82) is 5.26 Å². The first-order valence-corrected chi connectivity index (χ1v) is 13.6. The standard InChI is InChI=1S/C27H34F3N3O4S/c1-26(2)24(34)32(20-8-7-18(17-31)22(16-20)27(28,29)30)25(38)33(26)19-9-11-21(12-10-19)35-14-5-15-37-23-6-3-4-13-36-23/h7-8,16,19,21,23H,3-6,9-15H2,1-2H3. The Labute approximate surface area is 226 Å². The quantitative estimate of drug-likeness (QED) is 0.309. The van der Waals surface area contributed by atoms with Gasteiger partial charge in [-0.2, -0.15) is 18.4 Å². The molecule has 1 saturated carbocycles. The molecule has 38 heavy (non-hydrogen) atoms. The van der Waals surface area contributed by atoms with E-state index in [1.165, 1.54) is 11.0 Å². The number of thiocarbonyl (C=S) groups is 1. The number of rotatable bonds is 8. The number of halogens is 3. The minimum absolute atomic E-state index is 0.0137. The van der Waals surface area contributed by atoms with Crippen molar-refractivity contribution in [2.75, 3.05) is 24.7 Å². The maximum Gasteiger partial charge on any atom is 0.417 e. The molecule has 1 aromatic carbocycles. The van der Waals surface area contributed by atoms with E-state index in [4.69, 9.17) is 31.7 Å². The number of carbonyl (C=O) groups is 1. The molecule has 11 heteroatoms. The van der Waals surface area contributed by atoms with Crippen LogP contribution in [0.4, 0.5) is 18.9 Å². The zero-order valence-corrected chi connectivity index (χ0v) is 22.6. The number of hydrogen-bond acceptors (Lipinski definition) is 6. The van der Waals surface area contributed by atoms with Crippen LogP contribution in [0.1, 0.15) is 76.3 Å². The minimum atomic E-state index is -4.73. The van der Waals surface area contributed by atoms with Crippen LogP contribution < -0.4 is 4.90 Å². The second-order valence-corrected chi connectivity index (χ2v) is 10.9. The van der Waals surface area contributed by atoms with E-state index in [1.54, 1.807) is 19.9 Å². The summed E-state index contributed by atoms with van der Waals surface area (Å²) in [5, 5.41) is 9.29. The van der Waals surface area contributed by atoms with Gasteiger partial charge in [-0.25, -0.2) is 0 Å². The molecule has 2 heterocycles. The average Bonchev–Trinajstić information content (AvgIpc) is 3.07. The molecule has 2 aliphatic heterocycles. The molecule has 7 nitrogen and oxygen atoms in total. The lowest BCUT2D eigenvalue weighted by molar-refractivity contribution is -0.164. The monoisotopic (exact) mass is 553 g/mol. The summed E-state index contributed by atoms with van der Waals surface area (Å²) in [7, 11) is 0. The Bertz CT molecular complexity index is 1060. The molecular weight excluding hydrogens is 519 g/mol. The molecule has 1 atom stereocenters. The van der Waals surface area contributed by atoms with Gasteiger partial charge in [0.15, 0.2) is 11.4 Å². The lowest BCUT2D eigenvalue weighted by Crippen LogP contribution is -2.51. The number of ether oxygens (including phenoxy) is 3. The molecule has 208 valence electrons. The highest BCUT2D eigenvalue weighted by molar-refractivity contribution is 7.80. The summed E-state index contributed by atoms with van der Waals surface area (Å²) in [6, 6.07) is 4.79. The molecule has 0 spiro atoms. The molecule has 3 fully saturated rings. The van der Waals surface area contributed by atoms with Crippen molar-refractivity contribution in [2.45, 2.75) is 95.4 Å². The Morgan fingerprint density at radius 3 is 2.47 bits per heavy atom. The van der Waals surface area contributed by atoms with Gasteiger partial charge in [0.05, 0.1) is 35.6 Å². The molecular formula is C27H34F3N3O4S. The van der Waals surface area contributed by atoms with Gasteiger partial charge in [-0.05, 0) is 95.6 Å². The highest BCUT2D eigenvalue weighted by Crippen LogP contribution is 2.40. The SMILES string of the molecule is CC1(C)C(=O)N(c2ccc(C#N)c(C(F)(F)F)c2)C(=S)N1C1CCC(OCCCOC2CCCCO2)CC1. The first-order valence-electron chi connectivity index (χ1n) is 13.2.